The summed E-state index contributed by atoms with van der Waals surface area (Å²) in [4.78, 5) is 37.7. The molecule has 210 valence electrons. The molecule has 0 radical (unpaired) electrons. The van der Waals surface area contributed by atoms with Gasteiger partial charge in [0.1, 0.15) is 0 Å². The number of ether oxygens (including phenoxy) is 2. The minimum absolute atomic E-state index is 0.0464. The molecule has 1 atom stereocenters. The molecule has 1 aliphatic rings. The summed E-state index contributed by atoms with van der Waals surface area (Å²) in [5, 5.41) is 0. The van der Waals surface area contributed by atoms with E-state index in [1.807, 2.05) is 26.0 Å². The fourth-order valence-electron chi connectivity index (χ4n) is 5.06. The van der Waals surface area contributed by atoms with Gasteiger partial charge in [0.2, 0.25) is 5.78 Å². The van der Waals surface area contributed by atoms with Crippen molar-refractivity contribution in [1.82, 2.24) is 0 Å². The molecule has 1 aliphatic carbocycles. The average Bonchev–Trinajstić information content (AvgIpc) is 2.90. The minimum atomic E-state index is -0.240. The number of carbonyl (C=O) groups excluding carboxylic acids is 3. The molecule has 5 nitrogen and oxygen atoms in total. The molecule has 0 N–H and O–H groups in total. The van der Waals surface area contributed by atoms with Gasteiger partial charge in [0.05, 0.1) is 19.6 Å². The van der Waals surface area contributed by atoms with Gasteiger partial charge in [0, 0.05) is 16.7 Å². The van der Waals surface area contributed by atoms with Crippen LogP contribution >= 0.6 is 0 Å². The van der Waals surface area contributed by atoms with Crippen LogP contribution in [-0.2, 0) is 30.3 Å². The molecule has 0 unspecified atom stereocenters. The lowest BCUT2D eigenvalue weighted by Gasteiger charge is -2.20. The maximum atomic E-state index is 12.7. The Balaban J connectivity index is 1.55. The van der Waals surface area contributed by atoms with E-state index in [1.165, 1.54) is 12.7 Å². The highest BCUT2D eigenvalue weighted by Gasteiger charge is 2.31. The van der Waals surface area contributed by atoms with Crippen molar-refractivity contribution in [1.29, 1.82) is 0 Å². The summed E-state index contributed by atoms with van der Waals surface area (Å²) < 4.78 is 10.8. The van der Waals surface area contributed by atoms with E-state index in [4.69, 9.17) is 9.47 Å². The number of benzene rings is 1. The second kappa shape index (κ2) is 16.3. The Bertz CT molecular complexity index is 997. The molecule has 0 saturated heterocycles. The third-order valence-corrected chi connectivity index (χ3v) is 7.42. The molecule has 5 heteroatoms. The largest absolute Gasteiger partial charge is 0.492 e. The van der Waals surface area contributed by atoms with Crippen LogP contribution in [0.2, 0.25) is 0 Å². The number of ketones is 2. The van der Waals surface area contributed by atoms with E-state index in [1.54, 1.807) is 6.92 Å². The van der Waals surface area contributed by atoms with Crippen LogP contribution in [0.3, 0.4) is 0 Å². The zero-order valence-corrected chi connectivity index (χ0v) is 24.5. The second-order valence-corrected chi connectivity index (χ2v) is 10.9. The van der Waals surface area contributed by atoms with E-state index in [0.717, 1.165) is 63.4 Å². The summed E-state index contributed by atoms with van der Waals surface area (Å²) >= 11 is 0. The molecule has 0 spiro atoms. The standard InChI is InChI=1S/C33H48O5/c1-7-28-30(34)25(5)29(31(35)32(28)37-6)16-14-12-10-8-9-11-13-15-21-38-33(36)24(4)27-19-17-26(18-20-27)22-23(2)3/h17-20,23-24H,7-16,21-22H2,1-6H3/t24-/m1/s1. The van der Waals surface area contributed by atoms with Gasteiger partial charge in [-0.05, 0) is 63.0 Å². The van der Waals surface area contributed by atoms with Crippen molar-refractivity contribution < 1.29 is 23.9 Å². The third-order valence-electron chi connectivity index (χ3n) is 7.42. The number of allylic oxidation sites excluding steroid dienone is 3. The van der Waals surface area contributed by atoms with Gasteiger partial charge in [-0.15, -0.1) is 0 Å². The summed E-state index contributed by atoms with van der Waals surface area (Å²) in [6.45, 7) is 10.4. The van der Waals surface area contributed by atoms with Crippen LogP contribution in [0.25, 0.3) is 0 Å². The Kier molecular flexibility index (Phi) is 13.5. The van der Waals surface area contributed by atoms with E-state index in [2.05, 4.69) is 26.0 Å². The highest BCUT2D eigenvalue weighted by Crippen LogP contribution is 2.30. The fraction of sp³-hybridized carbons (Fsp3) is 0.606. The normalized spacial score (nSPS) is 14.9. The molecule has 1 aromatic rings. The monoisotopic (exact) mass is 524 g/mol. The van der Waals surface area contributed by atoms with Gasteiger partial charge in [0.25, 0.3) is 0 Å². The molecular formula is C33H48O5. The number of unbranched alkanes of at least 4 members (excludes halogenated alkanes) is 7. The summed E-state index contributed by atoms with van der Waals surface area (Å²) in [7, 11) is 1.46. The first-order chi connectivity index (χ1) is 18.2. The van der Waals surface area contributed by atoms with Gasteiger partial charge in [0.15, 0.2) is 11.5 Å². The van der Waals surface area contributed by atoms with Crippen LogP contribution < -0.4 is 0 Å². The number of carbonyl (C=O) groups is 3. The maximum absolute atomic E-state index is 12.7. The van der Waals surface area contributed by atoms with Crippen LogP contribution in [-0.4, -0.2) is 31.3 Å². The van der Waals surface area contributed by atoms with Gasteiger partial charge in [-0.25, -0.2) is 0 Å². The first-order valence-electron chi connectivity index (χ1n) is 14.5. The zero-order valence-electron chi connectivity index (χ0n) is 24.5. The second-order valence-electron chi connectivity index (χ2n) is 10.9. The topological polar surface area (TPSA) is 69.7 Å². The molecule has 38 heavy (non-hydrogen) atoms. The van der Waals surface area contributed by atoms with Gasteiger partial charge in [-0.2, -0.15) is 0 Å². The van der Waals surface area contributed by atoms with E-state index in [9.17, 15) is 14.4 Å². The number of rotatable bonds is 17. The molecule has 0 bridgehead atoms. The number of hydrogen-bond donors (Lipinski definition) is 0. The van der Waals surface area contributed by atoms with Crippen LogP contribution in [0.15, 0.2) is 46.7 Å². The first kappa shape index (κ1) is 31.5. The lowest BCUT2D eigenvalue weighted by molar-refractivity contribution is -0.145. The van der Waals surface area contributed by atoms with Gasteiger partial charge >= 0.3 is 5.97 Å². The lowest BCUT2D eigenvalue weighted by atomic mass is 9.85. The first-order valence-corrected chi connectivity index (χ1v) is 14.5. The van der Waals surface area contributed by atoms with Gasteiger partial charge < -0.3 is 9.47 Å². The van der Waals surface area contributed by atoms with Crippen molar-refractivity contribution in [3.63, 3.8) is 0 Å². The summed E-state index contributed by atoms with van der Waals surface area (Å²) in [6, 6.07) is 8.32. The molecule has 0 aliphatic heterocycles. The number of esters is 1. The number of methoxy groups -OCH3 is 1. The van der Waals surface area contributed by atoms with Crippen LogP contribution in [0, 0.1) is 5.92 Å². The highest BCUT2D eigenvalue weighted by molar-refractivity contribution is 6.24. The molecule has 0 fully saturated rings. The van der Waals surface area contributed by atoms with Crippen molar-refractivity contribution in [2.24, 2.45) is 5.92 Å². The molecule has 0 aromatic heterocycles. The third kappa shape index (κ3) is 9.25. The van der Waals surface area contributed by atoms with Crippen molar-refractivity contribution in [2.75, 3.05) is 13.7 Å². The van der Waals surface area contributed by atoms with Crippen molar-refractivity contribution in [3.8, 4) is 0 Å². The van der Waals surface area contributed by atoms with Gasteiger partial charge in [-0.3, -0.25) is 14.4 Å². The van der Waals surface area contributed by atoms with E-state index in [0.29, 0.717) is 42.1 Å². The smallest absolute Gasteiger partial charge is 0.313 e. The molecule has 2 rings (SSSR count). The Hall–Kier alpha value is -2.69. The van der Waals surface area contributed by atoms with Crippen molar-refractivity contribution in [3.05, 3.63) is 57.9 Å². The van der Waals surface area contributed by atoms with E-state index in [-0.39, 0.29) is 29.2 Å². The van der Waals surface area contributed by atoms with Gasteiger partial charge in [-0.1, -0.05) is 83.6 Å². The minimum Gasteiger partial charge on any atom is -0.492 e. The van der Waals surface area contributed by atoms with Crippen LogP contribution in [0.5, 0.6) is 0 Å². The van der Waals surface area contributed by atoms with Crippen LogP contribution in [0.1, 0.15) is 116 Å². The summed E-state index contributed by atoms with van der Waals surface area (Å²) in [5.41, 5.74) is 4.01. The number of Topliss-reactive ketones (excluding diaryl/α,β-unsaturated/α-hetero) is 2. The highest BCUT2D eigenvalue weighted by atomic mass is 16.5. The maximum Gasteiger partial charge on any atom is 0.313 e. The molecule has 0 amide bonds. The average molecular weight is 525 g/mol. The van der Waals surface area contributed by atoms with E-state index < -0.39 is 0 Å². The fourth-order valence-corrected chi connectivity index (χ4v) is 5.06. The zero-order chi connectivity index (χ0) is 28.1. The molecule has 0 heterocycles. The summed E-state index contributed by atoms with van der Waals surface area (Å²) in [5.74, 6) is 0.299. The van der Waals surface area contributed by atoms with Crippen molar-refractivity contribution >= 4 is 17.5 Å². The quantitative estimate of drug-likeness (QED) is 0.118. The molecule has 0 saturated carbocycles. The Morgan fingerprint density at radius 1 is 0.816 bits per heavy atom. The Morgan fingerprint density at radius 3 is 1.95 bits per heavy atom. The number of hydrogen-bond acceptors (Lipinski definition) is 5. The predicted molar refractivity (Wildman–Crippen MR) is 153 cm³/mol. The predicted octanol–water partition coefficient (Wildman–Crippen LogP) is 7.82. The van der Waals surface area contributed by atoms with Crippen LogP contribution in [0.4, 0.5) is 0 Å². The summed E-state index contributed by atoms with van der Waals surface area (Å²) in [6.07, 6.45) is 10.6. The SMILES string of the molecule is CCC1=C(OC)C(=O)C(CCCCCCCCCCOC(=O)[C@H](C)c2ccc(CC(C)C)cc2)=C(C)C1=O. The molecular weight excluding hydrogens is 476 g/mol. The molecule has 1 aromatic carbocycles. The Labute approximate surface area is 230 Å². The van der Waals surface area contributed by atoms with Crippen molar-refractivity contribution in [2.45, 2.75) is 111 Å². The Morgan fingerprint density at radius 2 is 1.39 bits per heavy atom. The lowest BCUT2D eigenvalue weighted by Crippen LogP contribution is -2.24. The van der Waals surface area contributed by atoms with E-state index >= 15 is 0 Å².